The predicted molar refractivity (Wildman–Crippen MR) is 108 cm³/mol. The Balaban J connectivity index is 1.77. The molecule has 0 bridgehead atoms. The zero-order valence-electron chi connectivity index (χ0n) is 14.6. The minimum atomic E-state index is -0.342. The van der Waals surface area contributed by atoms with Crippen LogP contribution >= 0.6 is 22.9 Å². The normalized spacial score (nSPS) is 10.3. The average Bonchev–Trinajstić information content (AvgIpc) is 3.12. The SMILES string of the molecule is COc1ccc(NC(=O)c2csc(-c3ccc(Cl)cc3)n2)cc1NC(C)=O. The van der Waals surface area contributed by atoms with Crippen LogP contribution in [0.25, 0.3) is 10.6 Å². The van der Waals surface area contributed by atoms with Crippen LogP contribution in [0.15, 0.2) is 47.8 Å². The number of carbonyl (C=O) groups excluding carboxylic acids is 2. The van der Waals surface area contributed by atoms with E-state index in [0.29, 0.717) is 27.8 Å². The third-order valence-electron chi connectivity index (χ3n) is 3.60. The molecule has 1 heterocycles. The summed E-state index contributed by atoms with van der Waals surface area (Å²) < 4.78 is 5.20. The quantitative estimate of drug-likeness (QED) is 0.650. The number of nitrogens with one attached hydrogen (secondary N) is 2. The highest BCUT2D eigenvalue weighted by Crippen LogP contribution is 2.29. The lowest BCUT2D eigenvalue weighted by Crippen LogP contribution is -2.13. The van der Waals surface area contributed by atoms with Crippen molar-refractivity contribution in [2.75, 3.05) is 17.7 Å². The summed E-state index contributed by atoms with van der Waals surface area (Å²) in [5.41, 5.74) is 2.19. The van der Waals surface area contributed by atoms with Gasteiger partial charge in [-0.25, -0.2) is 4.98 Å². The summed E-state index contributed by atoms with van der Waals surface area (Å²) in [6.45, 7) is 1.40. The third kappa shape index (κ3) is 4.64. The van der Waals surface area contributed by atoms with E-state index < -0.39 is 0 Å². The van der Waals surface area contributed by atoms with Gasteiger partial charge in [0.05, 0.1) is 12.8 Å². The van der Waals surface area contributed by atoms with Crippen molar-refractivity contribution in [3.05, 3.63) is 58.6 Å². The first-order valence-corrected chi connectivity index (χ1v) is 9.20. The van der Waals surface area contributed by atoms with E-state index in [1.165, 1.54) is 25.4 Å². The van der Waals surface area contributed by atoms with Gasteiger partial charge in [-0.2, -0.15) is 0 Å². The molecule has 0 radical (unpaired) electrons. The van der Waals surface area contributed by atoms with Crippen LogP contribution in [-0.4, -0.2) is 23.9 Å². The molecule has 0 unspecified atom stereocenters. The molecule has 8 heteroatoms. The minimum absolute atomic E-state index is 0.233. The van der Waals surface area contributed by atoms with Crippen molar-refractivity contribution >= 4 is 46.1 Å². The zero-order valence-corrected chi connectivity index (χ0v) is 16.1. The van der Waals surface area contributed by atoms with Crippen molar-refractivity contribution in [3.8, 4) is 16.3 Å². The van der Waals surface area contributed by atoms with Gasteiger partial charge in [0, 0.05) is 28.6 Å². The molecule has 0 aliphatic carbocycles. The fraction of sp³-hybridized carbons (Fsp3) is 0.105. The molecule has 3 rings (SSSR count). The van der Waals surface area contributed by atoms with Gasteiger partial charge in [0.15, 0.2) is 0 Å². The Labute approximate surface area is 165 Å². The van der Waals surface area contributed by atoms with Crippen molar-refractivity contribution in [2.45, 2.75) is 6.92 Å². The maximum atomic E-state index is 12.5. The Morgan fingerprint density at radius 2 is 1.85 bits per heavy atom. The summed E-state index contributed by atoms with van der Waals surface area (Å²) in [4.78, 5) is 28.2. The molecule has 0 saturated heterocycles. The van der Waals surface area contributed by atoms with Gasteiger partial charge in [-0.3, -0.25) is 9.59 Å². The highest BCUT2D eigenvalue weighted by Gasteiger charge is 2.14. The van der Waals surface area contributed by atoms with Crippen LogP contribution < -0.4 is 15.4 Å². The van der Waals surface area contributed by atoms with Gasteiger partial charge in [0.25, 0.3) is 5.91 Å². The zero-order chi connectivity index (χ0) is 19.4. The molecule has 0 atom stereocenters. The first kappa shape index (κ1) is 18.9. The van der Waals surface area contributed by atoms with Crippen LogP contribution in [0.2, 0.25) is 5.02 Å². The summed E-state index contributed by atoms with van der Waals surface area (Å²) in [7, 11) is 1.51. The molecule has 2 aromatic carbocycles. The van der Waals surface area contributed by atoms with Crippen LogP contribution in [0, 0.1) is 0 Å². The third-order valence-corrected chi connectivity index (χ3v) is 4.74. The molecule has 0 saturated carbocycles. The molecule has 1 aromatic heterocycles. The second kappa shape index (κ2) is 8.20. The van der Waals surface area contributed by atoms with Gasteiger partial charge in [-0.15, -0.1) is 11.3 Å². The van der Waals surface area contributed by atoms with Crippen LogP contribution in [0.3, 0.4) is 0 Å². The number of rotatable bonds is 5. The van der Waals surface area contributed by atoms with Gasteiger partial charge < -0.3 is 15.4 Å². The van der Waals surface area contributed by atoms with Gasteiger partial charge in [-0.05, 0) is 30.3 Å². The van der Waals surface area contributed by atoms with Gasteiger partial charge in [0.1, 0.15) is 16.5 Å². The smallest absolute Gasteiger partial charge is 0.275 e. The summed E-state index contributed by atoms with van der Waals surface area (Å²) in [5.74, 6) is -0.0730. The lowest BCUT2D eigenvalue weighted by atomic mass is 10.2. The van der Waals surface area contributed by atoms with E-state index >= 15 is 0 Å². The van der Waals surface area contributed by atoms with Crippen LogP contribution in [0.5, 0.6) is 5.75 Å². The van der Waals surface area contributed by atoms with E-state index in [4.69, 9.17) is 16.3 Å². The minimum Gasteiger partial charge on any atom is -0.495 e. The molecule has 3 aromatic rings. The van der Waals surface area contributed by atoms with E-state index in [-0.39, 0.29) is 11.8 Å². The molecule has 6 nitrogen and oxygen atoms in total. The number of methoxy groups -OCH3 is 1. The molecule has 27 heavy (non-hydrogen) atoms. The lowest BCUT2D eigenvalue weighted by molar-refractivity contribution is -0.114. The predicted octanol–water partition coefficient (Wildman–Crippen LogP) is 4.68. The van der Waals surface area contributed by atoms with Crippen molar-refractivity contribution in [3.63, 3.8) is 0 Å². The monoisotopic (exact) mass is 401 g/mol. The summed E-state index contributed by atoms with van der Waals surface area (Å²) >= 11 is 7.27. The van der Waals surface area contributed by atoms with Crippen LogP contribution in [0.4, 0.5) is 11.4 Å². The van der Waals surface area contributed by atoms with E-state index in [1.807, 2.05) is 12.1 Å². The highest BCUT2D eigenvalue weighted by molar-refractivity contribution is 7.13. The first-order chi connectivity index (χ1) is 13.0. The number of anilines is 2. The van der Waals surface area contributed by atoms with Crippen molar-refractivity contribution in [1.82, 2.24) is 4.98 Å². The van der Waals surface area contributed by atoms with Crippen LogP contribution in [-0.2, 0) is 4.79 Å². The Morgan fingerprint density at radius 1 is 1.11 bits per heavy atom. The largest absolute Gasteiger partial charge is 0.495 e. The average molecular weight is 402 g/mol. The van der Waals surface area contributed by atoms with E-state index in [0.717, 1.165) is 10.6 Å². The number of halogens is 1. The fourth-order valence-electron chi connectivity index (χ4n) is 2.37. The number of aromatic nitrogens is 1. The molecular formula is C19H16ClN3O3S. The molecule has 2 N–H and O–H groups in total. The Bertz CT molecular complexity index is 986. The molecular weight excluding hydrogens is 386 g/mol. The summed E-state index contributed by atoms with van der Waals surface area (Å²) in [6.07, 6.45) is 0. The Kier molecular flexibility index (Phi) is 5.73. The van der Waals surface area contributed by atoms with Gasteiger partial charge >= 0.3 is 0 Å². The van der Waals surface area contributed by atoms with Crippen molar-refractivity contribution in [2.24, 2.45) is 0 Å². The molecule has 0 fully saturated rings. The van der Waals surface area contributed by atoms with E-state index in [9.17, 15) is 9.59 Å². The number of hydrogen-bond donors (Lipinski definition) is 2. The summed E-state index contributed by atoms with van der Waals surface area (Å²) in [6, 6.07) is 12.2. The molecule has 0 aliphatic rings. The van der Waals surface area contributed by atoms with E-state index in [1.54, 1.807) is 35.7 Å². The number of thiazole rings is 1. The number of ether oxygens (including phenoxy) is 1. The van der Waals surface area contributed by atoms with Crippen molar-refractivity contribution in [1.29, 1.82) is 0 Å². The number of amides is 2. The number of nitrogens with zero attached hydrogens (tertiary/aromatic N) is 1. The first-order valence-electron chi connectivity index (χ1n) is 7.94. The van der Waals surface area contributed by atoms with Crippen LogP contribution in [0.1, 0.15) is 17.4 Å². The second-order valence-corrected chi connectivity index (χ2v) is 6.89. The topological polar surface area (TPSA) is 80.3 Å². The molecule has 138 valence electrons. The number of carbonyl (C=O) groups is 2. The molecule has 2 amide bonds. The Hall–Kier alpha value is -2.90. The van der Waals surface area contributed by atoms with Gasteiger partial charge in [0.2, 0.25) is 5.91 Å². The lowest BCUT2D eigenvalue weighted by Gasteiger charge is -2.11. The summed E-state index contributed by atoms with van der Waals surface area (Å²) in [5, 5.41) is 8.50. The highest BCUT2D eigenvalue weighted by atomic mass is 35.5. The van der Waals surface area contributed by atoms with Crippen molar-refractivity contribution < 1.29 is 14.3 Å². The van der Waals surface area contributed by atoms with E-state index in [2.05, 4.69) is 15.6 Å². The standard InChI is InChI=1S/C19H16ClN3O3S/c1-11(24)21-15-9-14(7-8-17(15)26-2)22-18(25)16-10-27-19(23-16)12-3-5-13(20)6-4-12/h3-10H,1-2H3,(H,21,24)(H,22,25). The molecule has 0 aliphatic heterocycles. The molecule has 0 spiro atoms. The van der Waals surface area contributed by atoms with Gasteiger partial charge in [-0.1, -0.05) is 23.7 Å². The second-order valence-electron chi connectivity index (χ2n) is 5.60. The number of hydrogen-bond acceptors (Lipinski definition) is 5. The number of benzene rings is 2. The fourth-order valence-corrected chi connectivity index (χ4v) is 3.30. The Morgan fingerprint density at radius 3 is 2.52 bits per heavy atom. The maximum Gasteiger partial charge on any atom is 0.275 e. The maximum absolute atomic E-state index is 12.5.